The standard InChI is InChI=1S/C20H23N5O2/c1-3-14(12-26)22-19-17-9-4-5-10-18(17)24-20(25-19)23-16-8-6-7-15(11-16)21-13(2)27/h4-11,14,26H,3,12H2,1-2H3,(H,21,27)(H2,22,23,24,25). The first-order valence-corrected chi connectivity index (χ1v) is 8.88. The second kappa shape index (κ2) is 8.46. The zero-order valence-corrected chi connectivity index (χ0v) is 15.4. The fourth-order valence-electron chi connectivity index (χ4n) is 2.72. The molecule has 1 atom stereocenters. The van der Waals surface area contributed by atoms with E-state index in [1.807, 2.05) is 55.5 Å². The topological polar surface area (TPSA) is 99.2 Å². The Kier molecular flexibility index (Phi) is 5.83. The molecule has 140 valence electrons. The second-order valence-electron chi connectivity index (χ2n) is 6.23. The van der Waals surface area contributed by atoms with Crippen LogP contribution in [0.25, 0.3) is 10.9 Å². The molecule has 0 aliphatic carbocycles. The third kappa shape index (κ3) is 4.71. The van der Waals surface area contributed by atoms with Gasteiger partial charge in [-0.2, -0.15) is 4.98 Å². The lowest BCUT2D eigenvalue weighted by molar-refractivity contribution is -0.114. The zero-order chi connectivity index (χ0) is 19.2. The second-order valence-corrected chi connectivity index (χ2v) is 6.23. The molecular weight excluding hydrogens is 342 g/mol. The van der Waals surface area contributed by atoms with Gasteiger partial charge in [-0.05, 0) is 36.8 Å². The number of benzene rings is 2. The minimum atomic E-state index is -0.129. The zero-order valence-electron chi connectivity index (χ0n) is 15.4. The fraction of sp³-hybridized carbons (Fsp3) is 0.250. The normalized spacial score (nSPS) is 11.8. The van der Waals surface area contributed by atoms with Crippen molar-refractivity contribution in [2.45, 2.75) is 26.3 Å². The van der Waals surface area contributed by atoms with E-state index in [4.69, 9.17) is 0 Å². The van der Waals surface area contributed by atoms with E-state index in [1.165, 1.54) is 6.92 Å². The number of para-hydroxylation sites is 1. The van der Waals surface area contributed by atoms with E-state index in [9.17, 15) is 9.90 Å². The van der Waals surface area contributed by atoms with Crippen molar-refractivity contribution in [3.05, 3.63) is 48.5 Å². The van der Waals surface area contributed by atoms with Gasteiger partial charge in [0.05, 0.1) is 18.2 Å². The first-order chi connectivity index (χ1) is 13.1. The number of fused-ring (bicyclic) bond motifs is 1. The molecule has 7 heteroatoms. The predicted octanol–water partition coefficient (Wildman–Crippen LogP) is 3.51. The Labute approximate surface area is 157 Å². The summed E-state index contributed by atoms with van der Waals surface area (Å²) in [7, 11) is 0. The Hall–Kier alpha value is -3.19. The maximum Gasteiger partial charge on any atom is 0.229 e. The van der Waals surface area contributed by atoms with Crippen LogP contribution in [0, 0.1) is 0 Å². The van der Waals surface area contributed by atoms with Crippen LogP contribution in [0.1, 0.15) is 20.3 Å². The van der Waals surface area contributed by atoms with E-state index in [2.05, 4.69) is 25.9 Å². The molecule has 3 aromatic rings. The molecule has 3 rings (SSSR count). The number of nitrogens with one attached hydrogen (secondary N) is 3. The molecule has 0 saturated carbocycles. The number of carbonyl (C=O) groups is 1. The van der Waals surface area contributed by atoms with Gasteiger partial charge in [-0.25, -0.2) is 4.98 Å². The van der Waals surface area contributed by atoms with Crippen molar-refractivity contribution in [2.24, 2.45) is 0 Å². The van der Waals surface area contributed by atoms with Crippen LogP contribution in [0.3, 0.4) is 0 Å². The average Bonchev–Trinajstić information content (AvgIpc) is 2.65. The fourth-order valence-corrected chi connectivity index (χ4v) is 2.72. The number of anilines is 4. The third-order valence-electron chi connectivity index (χ3n) is 4.10. The van der Waals surface area contributed by atoms with Gasteiger partial charge in [-0.15, -0.1) is 0 Å². The van der Waals surface area contributed by atoms with Crippen molar-refractivity contribution in [1.82, 2.24) is 9.97 Å². The molecule has 0 bridgehead atoms. The highest BCUT2D eigenvalue weighted by Gasteiger charge is 2.12. The minimum absolute atomic E-state index is 0.0242. The van der Waals surface area contributed by atoms with Crippen LogP contribution in [0.5, 0.6) is 0 Å². The highest BCUT2D eigenvalue weighted by atomic mass is 16.3. The van der Waals surface area contributed by atoms with E-state index < -0.39 is 0 Å². The van der Waals surface area contributed by atoms with Crippen LogP contribution in [-0.4, -0.2) is 33.6 Å². The molecule has 0 radical (unpaired) electrons. The smallest absolute Gasteiger partial charge is 0.229 e. The van der Waals surface area contributed by atoms with Gasteiger partial charge in [0.25, 0.3) is 0 Å². The van der Waals surface area contributed by atoms with Crippen molar-refractivity contribution in [1.29, 1.82) is 0 Å². The van der Waals surface area contributed by atoms with Crippen LogP contribution in [0.15, 0.2) is 48.5 Å². The van der Waals surface area contributed by atoms with Crippen LogP contribution < -0.4 is 16.0 Å². The molecule has 0 aliphatic heterocycles. The van der Waals surface area contributed by atoms with Gasteiger partial charge in [0.2, 0.25) is 11.9 Å². The highest BCUT2D eigenvalue weighted by molar-refractivity contribution is 5.91. The molecule has 0 aliphatic rings. The molecule has 27 heavy (non-hydrogen) atoms. The summed E-state index contributed by atoms with van der Waals surface area (Å²) >= 11 is 0. The number of hydrogen-bond donors (Lipinski definition) is 4. The Morgan fingerprint density at radius 3 is 2.63 bits per heavy atom. The van der Waals surface area contributed by atoms with Crippen molar-refractivity contribution < 1.29 is 9.90 Å². The Morgan fingerprint density at radius 2 is 1.89 bits per heavy atom. The number of aromatic nitrogens is 2. The maximum atomic E-state index is 11.2. The molecule has 7 nitrogen and oxygen atoms in total. The van der Waals surface area contributed by atoms with Crippen LogP contribution in [0.4, 0.5) is 23.1 Å². The lowest BCUT2D eigenvalue weighted by Crippen LogP contribution is -2.23. The summed E-state index contributed by atoms with van der Waals surface area (Å²) in [6, 6.07) is 15.0. The Balaban J connectivity index is 1.94. The van der Waals surface area contributed by atoms with E-state index in [1.54, 1.807) is 0 Å². The van der Waals surface area contributed by atoms with Crippen molar-refractivity contribution in [3.8, 4) is 0 Å². The largest absolute Gasteiger partial charge is 0.394 e. The maximum absolute atomic E-state index is 11.2. The molecule has 1 unspecified atom stereocenters. The number of aliphatic hydroxyl groups is 1. The molecule has 1 aromatic heterocycles. The van der Waals surface area contributed by atoms with Gasteiger partial charge in [0, 0.05) is 23.7 Å². The van der Waals surface area contributed by atoms with Crippen molar-refractivity contribution >= 4 is 40.0 Å². The number of nitrogens with zero attached hydrogens (tertiary/aromatic N) is 2. The molecule has 1 amide bonds. The monoisotopic (exact) mass is 365 g/mol. The summed E-state index contributed by atoms with van der Waals surface area (Å²) in [5.41, 5.74) is 2.25. The lowest BCUT2D eigenvalue weighted by atomic mass is 10.2. The number of hydrogen-bond acceptors (Lipinski definition) is 6. The highest BCUT2D eigenvalue weighted by Crippen LogP contribution is 2.25. The van der Waals surface area contributed by atoms with Gasteiger partial charge in [-0.1, -0.05) is 25.1 Å². The Morgan fingerprint density at radius 1 is 1.11 bits per heavy atom. The molecule has 0 saturated heterocycles. The van der Waals surface area contributed by atoms with Gasteiger partial charge in [0.15, 0.2) is 0 Å². The molecular formula is C20H23N5O2. The summed E-state index contributed by atoms with van der Waals surface area (Å²) < 4.78 is 0. The third-order valence-corrected chi connectivity index (χ3v) is 4.10. The SMILES string of the molecule is CCC(CO)Nc1nc(Nc2cccc(NC(C)=O)c2)nc2ccccc12. The van der Waals surface area contributed by atoms with E-state index in [0.29, 0.717) is 17.5 Å². The summed E-state index contributed by atoms with van der Waals surface area (Å²) in [4.78, 5) is 20.4. The van der Waals surface area contributed by atoms with E-state index in [-0.39, 0.29) is 18.6 Å². The van der Waals surface area contributed by atoms with Crippen LogP contribution in [-0.2, 0) is 4.79 Å². The number of amides is 1. The number of carbonyl (C=O) groups excluding carboxylic acids is 1. The first-order valence-electron chi connectivity index (χ1n) is 8.88. The number of aliphatic hydroxyl groups excluding tert-OH is 1. The number of rotatable bonds is 7. The van der Waals surface area contributed by atoms with Crippen molar-refractivity contribution in [2.75, 3.05) is 22.6 Å². The van der Waals surface area contributed by atoms with Gasteiger partial charge in [-0.3, -0.25) is 4.79 Å². The minimum Gasteiger partial charge on any atom is -0.394 e. The quantitative estimate of drug-likeness (QED) is 0.511. The van der Waals surface area contributed by atoms with Crippen LogP contribution >= 0.6 is 0 Å². The summed E-state index contributed by atoms with van der Waals surface area (Å²) in [5.74, 6) is 0.973. The van der Waals surface area contributed by atoms with Gasteiger partial charge >= 0.3 is 0 Å². The summed E-state index contributed by atoms with van der Waals surface area (Å²) in [6.45, 7) is 3.50. The lowest BCUT2D eigenvalue weighted by Gasteiger charge is -2.17. The molecule has 4 N–H and O–H groups in total. The predicted molar refractivity (Wildman–Crippen MR) is 108 cm³/mol. The summed E-state index contributed by atoms with van der Waals surface area (Å²) in [5, 5.41) is 19.6. The molecule has 0 fully saturated rings. The molecule has 0 spiro atoms. The van der Waals surface area contributed by atoms with Gasteiger partial charge in [0.1, 0.15) is 5.82 Å². The first kappa shape index (κ1) is 18.6. The van der Waals surface area contributed by atoms with Gasteiger partial charge < -0.3 is 21.1 Å². The van der Waals surface area contributed by atoms with Crippen molar-refractivity contribution in [3.63, 3.8) is 0 Å². The van der Waals surface area contributed by atoms with Crippen LogP contribution in [0.2, 0.25) is 0 Å². The summed E-state index contributed by atoms with van der Waals surface area (Å²) in [6.07, 6.45) is 0.774. The Bertz CT molecular complexity index is 941. The van der Waals surface area contributed by atoms with E-state index >= 15 is 0 Å². The van der Waals surface area contributed by atoms with E-state index in [0.717, 1.165) is 23.0 Å². The molecule has 1 heterocycles. The average molecular weight is 365 g/mol. The molecule has 2 aromatic carbocycles.